The zero-order valence-electron chi connectivity index (χ0n) is 14.7. The van der Waals surface area contributed by atoms with E-state index in [-0.39, 0.29) is 11.7 Å². The van der Waals surface area contributed by atoms with Crippen LogP contribution in [-0.2, 0) is 0 Å². The van der Waals surface area contributed by atoms with Crippen molar-refractivity contribution in [3.63, 3.8) is 0 Å². The number of likely N-dealkylation sites (tertiary alicyclic amines) is 1. The van der Waals surface area contributed by atoms with Gasteiger partial charge in [-0.3, -0.25) is 14.9 Å². The summed E-state index contributed by atoms with van der Waals surface area (Å²) in [7, 11) is 0. The maximum absolute atomic E-state index is 12.4. The number of imidazole rings is 1. The van der Waals surface area contributed by atoms with Gasteiger partial charge >= 0.3 is 5.69 Å². The molecule has 4 rings (SSSR count). The number of rotatable bonds is 2. The van der Waals surface area contributed by atoms with Crippen LogP contribution in [0.5, 0.6) is 0 Å². The number of nitriles is 1. The zero-order chi connectivity index (χ0) is 18.6. The molecule has 0 radical (unpaired) electrons. The Morgan fingerprint density at radius 3 is 2.81 bits per heavy atom. The Morgan fingerprint density at radius 1 is 1.26 bits per heavy atom. The number of para-hydroxylation sites is 2. The number of aromatic nitrogens is 3. The summed E-state index contributed by atoms with van der Waals surface area (Å²) < 4.78 is 1.85. The third-order valence-electron chi connectivity index (χ3n) is 4.80. The Kier molecular flexibility index (Phi) is 4.58. The van der Waals surface area contributed by atoms with Crippen LogP contribution in [0.4, 0.5) is 5.69 Å². The Morgan fingerprint density at radius 2 is 2.07 bits per heavy atom. The highest BCUT2D eigenvalue weighted by Gasteiger charge is 2.25. The molecule has 8 heteroatoms. The van der Waals surface area contributed by atoms with Gasteiger partial charge in [-0.25, -0.2) is 9.79 Å². The lowest BCUT2D eigenvalue weighted by Crippen LogP contribution is -2.45. The van der Waals surface area contributed by atoms with Crippen molar-refractivity contribution >= 4 is 22.7 Å². The highest BCUT2D eigenvalue weighted by Crippen LogP contribution is 2.25. The third-order valence-corrected chi connectivity index (χ3v) is 4.80. The molecule has 2 aromatic heterocycles. The number of nitrogens with one attached hydrogen (secondary N) is 2. The van der Waals surface area contributed by atoms with Crippen molar-refractivity contribution in [2.45, 2.75) is 18.9 Å². The molecular formula is C19H19N7O. The predicted octanol–water partition coefficient (Wildman–Crippen LogP) is 2.12. The first-order chi connectivity index (χ1) is 13.3. The van der Waals surface area contributed by atoms with E-state index in [0.29, 0.717) is 24.7 Å². The molecule has 0 atom stereocenters. The van der Waals surface area contributed by atoms with E-state index in [0.717, 1.165) is 23.9 Å². The first kappa shape index (κ1) is 16.8. The van der Waals surface area contributed by atoms with Gasteiger partial charge in [-0.1, -0.05) is 12.1 Å². The Hall–Kier alpha value is -3.60. The van der Waals surface area contributed by atoms with Crippen LogP contribution < -0.4 is 11.0 Å². The number of fused-ring (bicyclic) bond motifs is 1. The van der Waals surface area contributed by atoms with Crippen molar-refractivity contribution in [1.82, 2.24) is 24.8 Å². The van der Waals surface area contributed by atoms with Crippen LogP contribution in [0.1, 0.15) is 18.9 Å². The number of guanidine groups is 1. The van der Waals surface area contributed by atoms with Crippen molar-refractivity contribution in [2.24, 2.45) is 4.99 Å². The standard InChI is InChI=1S/C19H19N7O/c20-13-22-18(23-14-4-3-9-21-12-14)25-10-7-15(8-11-25)26-17-6-2-1-5-16(17)24-19(26)27/h1-6,9,12,15H,7-8,10-11H2,(H,22,23)(H,24,27). The van der Waals surface area contributed by atoms with E-state index in [2.05, 4.69) is 20.3 Å². The van der Waals surface area contributed by atoms with E-state index in [1.807, 2.05) is 46.0 Å². The number of benzene rings is 1. The second-order valence-corrected chi connectivity index (χ2v) is 6.42. The fourth-order valence-electron chi connectivity index (χ4n) is 3.54. The van der Waals surface area contributed by atoms with Gasteiger partial charge < -0.3 is 9.88 Å². The summed E-state index contributed by atoms with van der Waals surface area (Å²) >= 11 is 0. The minimum atomic E-state index is -0.0750. The highest BCUT2D eigenvalue weighted by atomic mass is 16.1. The summed E-state index contributed by atoms with van der Waals surface area (Å²) in [6, 6.07) is 11.5. The summed E-state index contributed by atoms with van der Waals surface area (Å²) in [6.45, 7) is 1.40. The number of aliphatic imine (C=N–C) groups is 1. The monoisotopic (exact) mass is 361 g/mol. The van der Waals surface area contributed by atoms with Crippen LogP contribution in [0, 0.1) is 11.5 Å². The Balaban J connectivity index is 1.54. The van der Waals surface area contributed by atoms with Crippen molar-refractivity contribution in [3.8, 4) is 6.19 Å². The molecule has 0 amide bonds. The number of pyridine rings is 1. The zero-order valence-corrected chi connectivity index (χ0v) is 14.7. The van der Waals surface area contributed by atoms with Crippen molar-refractivity contribution < 1.29 is 0 Å². The second-order valence-electron chi connectivity index (χ2n) is 6.42. The third kappa shape index (κ3) is 3.40. The lowest BCUT2D eigenvalue weighted by atomic mass is 10.0. The molecule has 8 nitrogen and oxygen atoms in total. The normalized spacial score (nSPS) is 15.7. The summed E-state index contributed by atoms with van der Waals surface area (Å²) in [6.07, 6.45) is 6.87. The Bertz CT molecular complexity index is 1050. The molecule has 0 unspecified atom stereocenters. The van der Waals surface area contributed by atoms with Crippen LogP contribution in [-0.4, -0.2) is 38.5 Å². The molecule has 1 fully saturated rings. The summed E-state index contributed by atoms with van der Waals surface area (Å²) in [4.78, 5) is 25.9. The topological polar surface area (TPSA) is 102 Å². The number of hydrogen-bond acceptors (Lipinski definition) is 4. The van der Waals surface area contributed by atoms with E-state index in [9.17, 15) is 4.79 Å². The molecule has 3 aromatic rings. The van der Waals surface area contributed by atoms with Gasteiger partial charge in [0.1, 0.15) is 0 Å². The fourth-order valence-corrected chi connectivity index (χ4v) is 3.54. The van der Waals surface area contributed by atoms with E-state index < -0.39 is 0 Å². The molecule has 0 spiro atoms. The first-order valence-electron chi connectivity index (χ1n) is 8.84. The molecule has 27 heavy (non-hydrogen) atoms. The van der Waals surface area contributed by atoms with Gasteiger partial charge in [0.25, 0.3) is 0 Å². The molecular weight excluding hydrogens is 342 g/mol. The molecule has 1 aromatic carbocycles. The van der Waals surface area contributed by atoms with Crippen LogP contribution >= 0.6 is 0 Å². The van der Waals surface area contributed by atoms with Gasteiger partial charge in [0.05, 0.1) is 22.9 Å². The van der Waals surface area contributed by atoms with Crippen molar-refractivity contribution in [3.05, 3.63) is 59.3 Å². The number of H-pyrrole nitrogens is 1. The molecule has 1 saturated heterocycles. The molecule has 1 aliphatic heterocycles. The van der Waals surface area contributed by atoms with Gasteiger partial charge in [0.15, 0.2) is 6.19 Å². The maximum atomic E-state index is 12.4. The highest BCUT2D eigenvalue weighted by molar-refractivity contribution is 5.84. The summed E-state index contributed by atoms with van der Waals surface area (Å²) in [5.74, 6) is 0.509. The van der Waals surface area contributed by atoms with Crippen LogP contribution in [0.2, 0.25) is 0 Å². The molecule has 0 aliphatic carbocycles. The van der Waals surface area contributed by atoms with Crippen LogP contribution in [0.3, 0.4) is 0 Å². The lowest BCUT2D eigenvalue weighted by molar-refractivity contribution is 0.263. The van der Waals surface area contributed by atoms with E-state index >= 15 is 0 Å². The Labute approximate surface area is 155 Å². The minimum absolute atomic E-state index is 0.0750. The first-order valence-corrected chi connectivity index (χ1v) is 8.84. The van der Waals surface area contributed by atoms with E-state index in [4.69, 9.17) is 5.26 Å². The smallest absolute Gasteiger partial charge is 0.326 e. The van der Waals surface area contributed by atoms with E-state index in [1.54, 1.807) is 18.5 Å². The SMILES string of the molecule is N#CNC(=Nc1cccnc1)N1CCC(n2c(=O)[nH]c3ccccc32)CC1. The number of nitrogens with zero attached hydrogens (tertiary/aromatic N) is 5. The second kappa shape index (κ2) is 7.33. The fraction of sp³-hybridized carbons (Fsp3) is 0.263. The van der Waals surface area contributed by atoms with Crippen LogP contribution in [0.25, 0.3) is 11.0 Å². The molecule has 3 heterocycles. The summed E-state index contributed by atoms with van der Waals surface area (Å²) in [5.41, 5.74) is 2.40. The predicted molar refractivity (Wildman–Crippen MR) is 102 cm³/mol. The van der Waals surface area contributed by atoms with E-state index in [1.165, 1.54) is 0 Å². The van der Waals surface area contributed by atoms with Crippen LogP contribution in [0.15, 0.2) is 58.6 Å². The lowest BCUT2D eigenvalue weighted by Gasteiger charge is -2.33. The quantitative estimate of drug-likeness (QED) is 0.315. The van der Waals surface area contributed by atoms with Crippen molar-refractivity contribution in [2.75, 3.05) is 13.1 Å². The minimum Gasteiger partial charge on any atom is -0.342 e. The molecule has 0 saturated carbocycles. The van der Waals surface area contributed by atoms with Gasteiger partial charge in [0.2, 0.25) is 5.96 Å². The largest absolute Gasteiger partial charge is 0.342 e. The molecule has 2 N–H and O–H groups in total. The molecule has 136 valence electrons. The summed E-state index contributed by atoms with van der Waals surface area (Å²) in [5, 5.41) is 11.7. The number of piperidine rings is 1. The average Bonchev–Trinajstić information content (AvgIpc) is 3.04. The van der Waals surface area contributed by atoms with Crippen molar-refractivity contribution in [1.29, 1.82) is 5.26 Å². The molecule has 0 bridgehead atoms. The number of hydrogen-bond donors (Lipinski definition) is 2. The number of aromatic amines is 1. The average molecular weight is 361 g/mol. The van der Waals surface area contributed by atoms with Gasteiger partial charge in [0, 0.05) is 25.3 Å². The van der Waals surface area contributed by atoms with Gasteiger partial charge in [-0.2, -0.15) is 5.26 Å². The van der Waals surface area contributed by atoms with Gasteiger partial charge in [-0.15, -0.1) is 0 Å². The molecule has 1 aliphatic rings. The van der Waals surface area contributed by atoms with Gasteiger partial charge in [-0.05, 0) is 37.1 Å². The maximum Gasteiger partial charge on any atom is 0.326 e.